The van der Waals surface area contributed by atoms with E-state index in [2.05, 4.69) is 10.1 Å². The van der Waals surface area contributed by atoms with Gasteiger partial charge in [0.1, 0.15) is 5.75 Å². The van der Waals surface area contributed by atoms with Crippen molar-refractivity contribution in [3.8, 4) is 5.75 Å². The van der Waals surface area contributed by atoms with E-state index in [-0.39, 0.29) is 27.2 Å². The summed E-state index contributed by atoms with van der Waals surface area (Å²) in [5.41, 5.74) is 1.13. The van der Waals surface area contributed by atoms with Crippen molar-refractivity contribution in [2.24, 2.45) is 0 Å². The quantitative estimate of drug-likeness (QED) is 0.196. The van der Waals surface area contributed by atoms with Gasteiger partial charge in [-0.05, 0) is 42.5 Å². The summed E-state index contributed by atoms with van der Waals surface area (Å²) in [5, 5.41) is 14.7. The van der Waals surface area contributed by atoms with Crippen LogP contribution in [0, 0.1) is 0 Å². The molecule has 1 aromatic heterocycles. The van der Waals surface area contributed by atoms with E-state index in [1.54, 1.807) is 41.2 Å². The second kappa shape index (κ2) is 9.84. The Hall–Kier alpha value is -2.74. The Labute approximate surface area is 186 Å². The summed E-state index contributed by atoms with van der Waals surface area (Å²) >= 11 is 17.7. The first-order valence-electron chi connectivity index (χ1n) is 8.56. The van der Waals surface area contributed by atoms with Crippen LogP contribution >= 0.6 is 35.4 Å². The van der Waals surface area contributed by atoms with E-state index < -0.39 is 6.61 Å². The van der Waals surface area contributed by atoms with Crippen LogP contribution in [0.2, 0.25) is 10.0 Å². The Morgan fingerprint density at radius 2 is 1.70 bits per heavy atom. The number of hydrogen-bond acceptors (Lipinski definition) is 3. The molecule has 4 nitrogen and oxygen atoms in total. The number of nitrogens with zero attached hydrogens (tertiary/aromatic N) is 1. The first-order valence-corrected chi connectivity index (χ1v) is 9.73. The zero-order chi connectivity index (χ0) is 21.7. The number of nitrogens with one attached hydrogen (secondary N) is 1. The largest absolute Gasteiger partial charge is 0.502 e. The Bertz CT molecular complexity index is 1080. The molecule has 1 heterocycles. The monoisotopic (exact) mass is 467 g/mol. The summed E-state index contributed by atoms with van der Waals surface area (Å²) in [5.74, 6) is -0.145. The first-order chi connectivity index (χ1) is 14.3. The lowest BCUT2D eigenvalue weighted by molar-refractivity contribution is -0.575. The van der Waals surface area contributed by atoms with Gasteiger partial charge in [0.15, 0.2) is 17.4 Å². The molecular weight excluding hydrogens is 453 g/mol. The van der Waals surface area contributed by atoms with Crippen LogP contribution in [0.3, 0.4) is 0 Å². The minimum atomic E-state index is -2.91. The number of alkyl halides is 2. The Morgan fingerprint density at radius 3 is 2.30 bits per heavy atom. The summed E-state index contributed by atoms with van der Waals surface area (Å²) < 4.78 is 30.6. The summed E-state index contributed by atoms with van der Waals surface area (Å²) in [7, 11) is 0. The number of pyridine rings is 1. The minimum Gasteiger partial charge on any atom is -0.502 e. The van der Waals surface area contributed by atoms with E-state index in [0.29, 0.717) is 16.3 Å². The Morgan fingerprint density at radius 1 is 1.03 bits per heavy atom. The summed E-state index contributed by atoms with van der Waals surface area (Å²) in [6, 6.07) is 15.9. The van der Waals surface area contributed by atoms with Crippen molar-refractivity contribution in [3.63, 3.8) is 0 Å². The number of anilines is 1. The summed E-state index contributed by atoms with van der Waals surface area (Å²) in [6.07, 6.45) is 3.42. The van der Waals surface area contributed by atoms with Gasteiger partial charge in [0.05, 0.1) is 5.02 Å². The van der Waals surface area contributed by atoms with Gasteiger partial charge in [0.25, 0.3) is 5.70 Å². The third kappa shape index (κ3) is 5.44. The number of benzene rings is 2. The number of rotatable bonds is 6. The van der Waals surface area contributed by atoms with Gasteiger partial charge >= 0.3 is 6.61 Å². The third-order valence-corrected chi connectivity index (χ3v) is 4.78. The van der Waals surface area contributed by atoms with E-state index in [4.69, 9.17) is 35.4 Å². The molecule has 0 fully saturated rings. The van der Waals surface area contributed by atoms with Crippen molar-refractivity contribution >= 4 is 57.6 Å². The molecule has 3 aromatic rings. The molecule has 0 saturated heterocycles. The number of halogens is 4. The summed E-state index contributed by atoms with van der Waals surface area (Å²) in [4.78, 5) is 0.178. The van der Waals surface area contributed by atoms with Gasteiger partial charge in [-0.25, -0.2) is 0 Å². The Kier molecular flexibility index (Phi) is 7.20. The highest BCUT2D eigenvalue weighted by Gasteiger charge is 2.25. The SMILES string of the molecule is O/C(=C(\C(=S)Nc1ccc(OC(F)F)cc1)[n+]1ccccc1)c1ccc(Cl)cc1Cl. The van der Waals surface area contributed by atoms with Crippen molar-refractivity contribution < 1.29 is 23.2 Å². The molecule has 0 saturated carbocycles. The first kappa shape index (κ1) is 22.0. The van der Waals surface area contributed by atoms with Gasteiger partial charge in [-0.3, -0.25) is 0 Å². The van der Waals surface area contributed by atoms with Crippen LogP contribution in [-0.2, 0) is 0 Å². The van der Waals surface area contributed by atoms with Crippen LogP contribution in [0.15, 0.2) is 73.1 Å². The number of thiocarbonyl (C=S) groups is 1. The average molecular weight is 468 g/mol. The van der Waals surface area contributed by atoms with Crippen LogP contribution in [0.5, 0.6) is 5.75 Å². The van der Waals surface area contributed by atoms with Gasteiger partial charge in [-0.15, -0.1) is 0 Å². The van der Waals surface area contributed by atoms with Gasteiger partial charge in [0.2, 0.25) is 5.76 Å². The molecule has 2 N–H and O–H groups in total. The molecule has 0 radical (unpaired) electrons. The van der Waals surface area contributed by atoms with Crippen molar-refractivity contribution in [1.82, 2.24) is 0 Å². The fraction of sp³-hybridized carbons (Fsp3) is 0.0476. The molecule has 2 aromatic carbocycles. The number of aliphatic hydroxyl groups is 1. The van der Waals surface area contributed by atoms with Gasteiger partial charge in [0, 0.05) is 28.4 Å². The fourth-order valence-electron chi connectivity index (χ4n) is 2.61. The highest BCUT2D eigenvalue weighted by atomic mass is 35.5. The predicted molar refractivity (Wildman–Crippen MR) is 118 cm³/mol. The third-order valence-electron chi connectivity index (χ3n) is 3.94. The highest BCUT2D eigenvalue weighted by molar-refractivity contribution is 7.81. The van der Waals surface area contributed by atoms with Crippen molar-refractivity contribution in [3.05, 3.63) is 88.7 Å². The van der Waals surface area contributed by atoms with Crippen molar-refractivity contribution in [1.29, 1.82) is 0 Å². The normalized spacial score (nSPS) is 11.8. The summed E-state index contributed by atoms with van der Waals surface area (Å²) in [6.45, 7) is -2.91. The molecule has 0 atom stereocenters. The van der Waals surface area contributed by atoms with E-state index >= 15 is 0 Å². The zero-order valence-corrected chi connectivity index (χ0v) is 17.6. The predicted octanol–water partition coefficient (Wildman–Crippen LogP) is 6.21. The molecule has 154 valence electrons. The van der Waals surface area contributed by atoms with E-state index in [0.717, 1.165) is 0 Å². The van der Waals surface area contributed by atoms with Crippen molar-refractivity contribution in [2.45, 2.75) is 6.61 Å². The van der Waals surface area contributed by atoms with Crippen LogP contribution in [0.1, 0.15) is 5.56 Å². The molecule has 0 aliphatic carbocycles. The second-order valence-electron chi connectivity index (χ2n) is 5.96. The molecule has 0 spiro atoms. The van der Waals surface area contributed by atoms with Crippen LogP contribution < -0.4 is 14.6 Å². The molecule has 9 heteroatoms. The maximum atomic E-state index is 12.3. The lowest BCUT2D eigenvalue weighted by Gasteiger charge is -2.11. The molecule has 0 bridgehead atoms. The van der Waals surface area contributed by atoms with E-state index in [9.17, 15) is 13.9 Å². The lowest BCUT2D eigenvalue weighted by atomic mass is 10.1. The van der Waals surface area contributed by atoms with Crippen LogP contribution in [-0.4, -0.2) is 16.7 Å². The van der Waals surface area contributed by atoms with E-state index in [1.165, 1.54) is 30.3 Å². The van der Waals surface area contributed by atoms with Crippen LogP contribution in [0.4, 0.5) is 14.5 Å². The lowest BCUT2D eigenvalue weighted by Crippen LogP contribution is -2.38. The standard InChI is InChI=1S/C21H14Cl2F2N2O2S/c22-13-4-9-16(17(23)12-13)19(28)18(27-10-2-1-3-11-27)20(30)26-14-5-7-15(8-6-14)29-21(24)25/h1-12,21H,(H-,26,28,30)/p+1. The highest BCUT2D eigenvalue weighted by Crippen LogP contribution is 2.28. The number of ether oxygens (including phenoxy) is 1. The average Bonchev–Trinajstić information content (AvgIpc) is 2.70. The molecule has 0 aliphatic rings. The number of aromatic nitrogens is 1. The van der Waals surface area contributed by atoms with Crippen LogP contribution in [0.25, 0.3) is 11.5 Å². The van der Waals surface area contributed by atoms with Crippen molar-refractivity contribution in [2.75, 3.05) is 5.32 Å². The molecule has 30 heavy (non-hydrogen) atoms. The molecule has 0 amide bonds. The molecule has 3 rings (SSSR count). The van der Waals surface area contributed by atoms with Gasteiger partial charge in [-0.2, -0.15) is 13.3 Å². The topological polar surface area (TPSA) is 45.4 Å². The number of hydrogen-bond donors (Lipinski definition) is 2. The maximum Gasteiger partial charge on any atom is 0.387 e. The molecule has 0 unspecified atom stereocenters. The zero-order valence-electron chi connectivity index (χ0n) is 15.2. The smallest absolute Gasteiger partial charge is 0.387 e. The molecular formula is C21H15Cl2F2N2O2S+. The van der Waals surface area contributed by atoms with Gasteiger partial charge < -0.3 is 15.2 Å². The second-order valence-corrected chi connectivity index (χ2v) is 7.21. The molecule has 0 aliphatic heterocycles. The van der Waals surface area contributed by atoms with E-state index in [1.807, 2.05) is 6.07 Å². The Balaban J connectivity index is 1.97. The number of aliphatic hydroxyl groups excluding tert-OH is 1. The minimum absolute atomic E-state index is 0.0189. The maximum absolute atomic E-state index is 12.3. The fourth-order valence-corrected chi connectivity index (χ4v) is 3.43. The van der Waals surface area contributed by atoms with Gasteiger partial charge in [-0.1, -0.05) is 41.5 Å².